The van der Waals surface area contributed by atoms with Crippen molar-refractivity contribution in [3.05, 3.63) is 59.2 Å². The van der Waals surface area contributed by atoms with E-state index in [1.54, 1.807) is 37.4 Å². The van der Waals surface area contributed by atoms with E-state index < -0.39 is 0 Å². The minimum atomic E-state index is -0.0972. The summed E-state index contributed by atoms with van der Waals surface area (Å²) >= 11 is 0. The summed E-state index contributed by atoms with van der Waals surface area (Å²) in [6, 6.07) is 14.6. The van der Waals surface area contributed by atoms with E-state index in [1.807, 2.05) is 19.1 Å². The van der Waals surface area contributed by atoms with Crippen LogP contribution >= 0.6 is 0 Å². The molecule has 2 aromatic carbocycles. The van der Waals surface area contributed by atoms with Gasteiger partial charge in [0.1, 0.15) is 12.4 Å². The molecule has 0 aliphatic heterocycles. The number of amides is 1. The Morgan fingerprint density at radius 3 is 2.61 bits per heavy atom. The predicted octanol–water partition coefficient (Wildman–Crippen LogP) is 2.72. The number of benzene rings is 2. The second-order valence-electron chi connectivity index (χ2n) is 4.97. The van der Waals surface area contributed by atoms with Gasteiger partial charge in [0.25, 0.3) is 5.91 Å². The van der Waals surface area contributed by atoms with Crippen molar-refractivity contribution in [3.63, 3.8) is 0 Å². The van der Waals surface area contributed by atoms with Gasteiger partial charge in [-0.25, -0.2) is 0 Å². The van der Waals surface area contributed by atoms with E-state index in [9.17, 15) is 4.79 Å². The Morgan fingerprint density at radius 2 is 1.96 bits per heavy atom. The summed E-state index contributed by atoms with van der Waals surface area (Å²) in [6.45, 7) is 3.00. The Morgan fingerprint density at radius 1 is 1.22 bits per heavy atom. The first-order chi connectivity index (χ1) is 11.2. The van der Waals surface area contributed by atoms with Crippen molar-refractivity contribution < 1.29 is 9.53 Å². The summed E-state index contributed by atoms with van der Waals surface area (Å²) in [7, 11) is 1.62. The fraction of sp³-hybridized carbons (Fsp3) is 0.222. The molecule has 0 saturated heterocycles. The molecule has 23 heavy (non-hydrogen) atoms. The molecule has 2 aromatic rings. The molecule has 1 amide bonds. The van der Waals surface area contributed by atoms with Gasteiger partial charge in [0, 0.05) is 24.8 Å². The predicted molar refractivity (Wildman–Crippen MR) is 89.7 cm³/mol. The minimum absolute atomic E-state index is 0.0972. The van der Waals surface area contributed by atoms with E-state index in [2.05, 4.69) is 16.7 Å². The molecular formula is C18H19N3O2. The fourth-order valence-electron chi connectivity index (χ4n) is 2.19. The Hall–Kier alpha value is -3.00. The number of carbonyl (C=O) groups is 1. The van der Waals surface area contributed by atoms with Gasteiger partial charge in [0.15, 0.2) is 0 Å². The maximum atomic E-state index is 11.8. The number of nitriles is 1. The third kappa shape index (κ3) is 4.24. The van der Waals surface area contributed by atoms with Crippen LogP contribution in [0.2, 0.25) is 0 Å². The standard InChI is InChI=1S/C18H19N3O2/c1-13-16(18(22)20-2)4-3-5-17(13)21-10-11-23-15-8-6-14(12-19)7-9-15/h3-9,21H,10-11H2,1-2H3,(H,20,22). The van der Waals surface area contributed by atoms with Crippen molar-refractivity contribution in [2.45, 2.75) is 6.92 Å². The largest absolute Gasteiger partial charge is 0.492 e. The second-order valence-corrected chi connectivity index (χ2v) is 4.97. The number of nitrogens with one attached hydrogen (secondary N) is 2. The lowest BCUT2D eigenvalue weighted by atomic mass is 10.1. The molecule has 0 atom stereocenters. The Balaban J connectivity index is 1.89. The van der Waals surface area contributed by atoms with Crippen molar-refractivity contribution in [2.24, 2.45) is 0 Å². The molecule has 0 radical (unpaired) electrons. The van der Waals surface area contributed by atoms with E-state index in [1.165, 1.54) is 0 Å². The molecule has 2 rings (SSSR count). The number of ether oxygens (including phenoxy) is 1. The number of hydrogen-bond acceptors (Lipinski definition) is 4. The molecule has 0 heterocycles. The first-order valence-corrected chi connectivity index (χ1v) is 7.34. The molecule has 0 saturated carbocycles. The molecule has 5 heteroatoms. The van der Waals surface area contributed by atoms with Crippen LogP contribution in [-0.2, 0) is 0 Å². The van der Waals surface area contributed by atoms with Crippen LogP contribution in [0.3, 0.4) is 0 Å². The average molecular weight is 309 g/mol. The van der Waals surface area contributed by atoms with Crippen LogP contribution in [-0.4, -0.2) is 26.1 Å². The summed E-state index contributed by atoms with van der Waals surface area (Å²) in [4.78, 5) is 11.8. The van der Waals surface area contributed by atoms with Gasteiger partial charge < -0.3 is 15.4 Å². The molecule has 0 aliphatic rings. The smallest absolute Gasteiger partial charge is 0.251 e. The van der Waals surface area contributed by atoms with Crippen LogP contribution in [0.15, 0.2) is 42.5 Å². The Kier molecular flexibility index (Phi) is 5.59. The zero-order valence-electron chi connectivity index (χ0n) is 13.2. The topological polar surface area (TPSA) is 74.2 Å². The van der Waals surface area contributed by atoms with Crippen LogP contribution < -0.4 is 15.4 Å². The van der Waals surface area contributed by atoms with Crippen molar-refractivity contribution in [1.82, 2.24) is 5.32 Å². The van der Waals surface area contributed by atoms with Crippen molar-refractivity contribution in [3.8, 4) is 11.8 Å². The highest BCUT2D eigenvalue weighted by Crippen LogP contribution is 2.18. The number of rotatable bonds is 6. The summed E-state index contributed by atoms with van der Waals surface area (Å²) in [5, 5.41) is 14.6. The molecular weight excluding hydrogens is 290 g/mol. The van der Waals surface area contributed by atoms with Crippen LogP contribution in [0.5, 0.6) is 5.75 Å². The van der Waals surface area contributed by atoms with Crippen molar-refractivity contribution >= 4 is 11.6 Å². The Labute approximate surface area is 135 Å². The lowest BCUT2D eigenvalue weighted by Crippen LogP contribution is -2.20. The van der Waals surface area contributed by atoms with Gasteiger partial charge in [0.05, 0.1) is 11.6 Å². The molecule has 118 valence electrons. The monoisotopic (exact) mass is 309 g/mol. The van der Waals surface area contributed by atoms with Gasteiger partial charge in [-0.3, -0.25) is 4.79 Å². The normalized spacial score (nSPS) is 9.78. The lowest BCUT2D eigenvalue weighted by Gasteiger charge is -2.13. The fourth-order valence-corrected chi connectivity index (χ4v) is 2.19. The van der Waals surface area contributed by atoms with Gasteiger partial charge in [-0.15, -0.1) is 0 Å². The molecule has 0 aliphatic carbocycles. The first kappa shape index (κ1) is 16.4. The maximum absolute atomic E-state index is 11.8. The van der Waals surface area contributed by atoms with Gasteiger partial charge in [-0.2, -0.15) is 5.26 Å². The quantitative estimate of drug-likeness (QED) is 0.805. The SMILES string of the molecule is CNC(=O)c1cccc(NCCOc2ccc(C#N)cc2)c1C. The summed E-state index contributed by atoms with van der Waals surface area (Å²) < 4.78 is 5.61. The minimum Gasteiger partial charge on any atom is -0.492 e. The average Bonchev–Trinajstić information content (AvgIpc) is 2.59. The third-order valence-electron chi connectivity index (χ3n) is 3.48. The third-order valence-corrected chi connectivity index (χ3v) is 3.48. The van der Waals surface area contributed by atoms with E-state index in [0.29, 0.717) is 24.3 Å². The van der Waals surface area contributed by atoms with E-state index in [0.717, 1.165) is 17.0 Å². The van der Waals surface area contributed by atoms with Crippen molar-refractivity contribution in [2.75, 3.05) is 25.5 Å². The second kappa shape index (κ2) is 7.85. The molecule has 5 nitrogen and oxygen atoms in total. The number of nitrogens with zero attached hydrogens (tertiary/aromatic N) is 1. The van der Waals surface area contributed by atoms with Gasteiger partial charge in [-0.1, -0.05) is 6.07 Å². The molecule has 0 bridgehead atoms. The molecule has 0 aromatic heterocycles. The highest BCUT2D eigenvalue weighted by atomic mass is 16.5. The number of hydrogen-bond donors (Lipinski definition) is 2. The highest BCUT2D eigenvalue weighted by Gasteiger charge is 2.09. The van der Waals surface area contributed by atoms with Gasteiger partial charge in [-0.05, 0) is 48.9 Å². The van der Waals surface area contributed by atoms with E-state index in [4.69, 9.17) is 10.00 Å². The summed E-state index contributed by atoms with van der Waals surface area (Å²) in [5.74, 6) is 0.626. The van der Waals surface area contributed by atoms with Gasteiger partial charge in [0.2, 0.25) is 0 Å². The first-order valence-electron chi connectivity index (χ1n) is 7.34. The van der Waals surface area contributed by atoms with Crippen LogP contribution in [0, 0.1) is 18.3 Å². The van der Waals surface area contributed by atoms with Crippen LogP contribution in [0.25, 0.3) is 0 Å². The van der Waals surface area contributed by atoms with E-state index >= 15 is 0 Å². The zero-order valence-corrected chi connectivity index (χ0v) is 13.2. The molecule has 0 fully saturated rings. The van der Waals surface area contributed by atoms with Gasteiger partial charge >= 0.3 is 0 Å². The molecule has 0 unspecified atom stereocenters. The van der Waals surface area contributed by atoms with Crippen molar-refractivity contribution in [1.29, 1.82) is 5.26 Å². The highest BCUT2D eigenvalue weighted by molar-refractivity contribution is 5.96. The summed E-state index contributed by atoms with van der Waals surface area (Å²) in [5.41, 5.74) is 3.09. The number of carbonyl (C=O) groups excluding carboxylic acids is 1. The lowest BCUT2D eigenvalue weighted by molar-refractivity contribution is 0.0962. The Bertz CT molecular complexity index is 718. The number of anilines is 1. The molecule has 0 spiro atoms. The zero-order chi connectivity index (χ0) is 16.7. The van der Waals surface area contributed by atoms with E-state index in [-0.39, 0.29) is 5.91 Å². The summed E-state index contributed by atoms with van der Waals surface area (Å²) in [6.07, 6.45) is 0. The van der Waals surface area contributed by atoms with Crippen LogP contribution in [0.1, 0.15) is 21.5 Å². The maximum Gasteiger partial charge on any atom is 0.251 e. The molecule has 2 N–H and O–H groups in total. The van der Waals surface area contributed by atoms with Crippen LogP contribution in [0.4, 0.5) is 5.69 Å².